The molecule has 47 heavy (non-hydrogen) atoms. The Hall–Kier alpha value is -4.82. The number of carbonyl (C=O) groups is 2. The number of aromatic nitrogens is 2. The van der Waals surface area contributed by atoms with Crippen LogP contribution in [0.25, 0.3) is 21.8 Å². The predicted molar refractivity (Wildman–Crippen MR) is 184 cm³/mol. The Bertz CT molecular complexity index is 2170. The van der Waals surface area contributed by atoms with Crippen molar-refractivity contribution in [3.05, 3.63) is 122 Å². The van der Waals surface area contributed by atoms with E-state index >= 15 is 0 Å². The summed E-state index contributed by atoms with van der Waals surface area (Å²) in [5, 5.41) is 14.4. The van der Waals surface area contributed by atoms with Gasteiger partial charge in [-0.1, -0.05) is 42.5 Å². The molecule has 8 rings (SSSR count). The zero-order chi connectivity index (χ0) is 32.1. The Balaban J connectivity index is 1.06. The summed E-state index contributed by atoms with van der Waals surface area (Å²) in [6.07, 6.45) is 6.39. The topological polar surface area (TPSA) is 82.7 Å². The lowest BCUT2D eigenvalue weighted by atomic mass is 9.93. The van der Waals surface area contributed by atoms with E-state index < -0.39 is 5.97 Å². The smallest absolute Gasteiger partial charge is 0.348 e. The van der Waals surface area contributed by atoms with Crippen LogP contribution in [0.15, 0.2) is 78.2 Å². The SMILES string of the molecule is COc1cccc(C(=O)O)c1Cn1c2c(c3ccccc31)CC(OC(=O)c1sccc1Cn1c3c(c4ccccc41)CCCC3)CC2. The maximum atomic E-state index is 13.8. The third-order valence-electron chi connectivity index (χ3n) is 10.0. The molecule has 6 aromatic rings. The van der Waals surface area contributed by atoms with Gasteiger partial charge in [0.05, 0.1) is 19.2 Å². The quantitative estimate of drug-likeness (QED) is 0.170. The van der Waals surface area contributed by atoms with Gasteiger partial charge < -0.3 is 23.7 Å². The van der Waals surface area contributed by atoms with Gasteiger partial charge in [-0.2, -0.15) is 0 Å². The van der Waals surface area contributed by atoms with Crippen LogP contribution in [0, 0.1) is 0 Å². The monoisotopic (exact) mass is 644 g/mol. The molecule has 2 aliphatic carbocycles. The highest BCUT2D eigenvalue weighted by Crippen LogP contribution is 2.37. The van der Waals surface area contributed by atoms with Crippen LogP contribution in [0.4, 0.5) is 0 Å². The lowest BCUT2D eigenvalue weighted by Crippen LogP contribution is -2.26. The van der Waals surface area contributed by atoms with Gasteiger partial charge in [-0.25, -0.2) is 9.59 Å². The molecular weight excluding hydrogens is 609 g/mol. The first kappa shape index (κ1) is 29.6. The number of methoxy groups -OCH3 is 1. The van der Waals surface area contributed by atoms with Gasteiger partial charge in [0.1, 0.15) is 16.7 Å². The van der Waals surface area contributed by atoms with Gasteiger partial charge in [-0.3, -0.25) is 0 Å². The first-order valence-electron chi connectivity index (χ1n) is 16.4. The number of rotatable bonds is 8. The van der Waals surface area contributed by atoms with Crippen molar-refractivity contribution in [2.45, 2.75) is 64.1 Å². The minimum absolute atomic E-state index is 0.235. The molecule has 3 heterocycles. The molecule has 1 atom stereocenters. The van der Waals surface area contributed by atoms with Crippen LogP contribution in [0.5, 0.6) is 5.75 Å². The van der Waals surface area contributed by atoms with Crippen molar-refractivity contribution in [1.82, 2.24) is 9.13 Å². The Morgan fingerprint density at radius 3 is 2.30 bits per heavy atom. The summed E-state index contributed by atoms with van der Waals surface area (Å²) in [6.45, 7) is 1.04. The number of esters is 1. The summed E-state index contributed by atoms with van der Waals surface area (Å²) in [7, 11) is 1.57. The fraction of sp³-hybridized carbons (Fsp3) is 0.282. The number of nitrogens with zero attached hydrogens (tertiary/aromatic N) is 2. The third-order valence-corrected chi connectivity index (χ3v) is 11.0. The molecule has 8 heteroatoms. The molecule has 2 aliphatic rings. The Labute approximate surface area is 277 Å². The minimum Gasteiger partial charge on any atom is -0.496 e. The van der Waals surface area contributed by atoms with Gasteiger partial charge in [0.2, 0.25) is 0 Å². The van der Waals surface area contributed by atoms with E-state index in [1.807, 2.05) is 23.6 Å². The molecule has 0 saturated carbocycles. The minimum atomic E-state index is -0.978. The molecule has 238 valence electrons. The summed E-state index contributed by atoms with van der Waals surface area (Å²) in [5.74, 6) is -0.675. The van der Waals surface area contributed by atoms with Gasteiger partial charge in [0.15, 0.2) is 0 Å². The normalized spacial score (nSPS) is 15.8. The number of fused-ring (bicyclic) bond motifs is 6. The van der Waals surface area contributed by atoms with E-state index in [1.165, 1.54) is 46.3 Å². The lowest BCUT2D eigenvalue weighted by molar-refractivity contribution is 0.0274. The number of thiophene rings is 1. The number of ether oxygens (including phenoxy) is 2. The van der Waals surface area contributed by atoms with E-state index in [2.05, 4.69) is 51.6 Å². The number of hydrogen-bond donors (Lipinski definition) is 1. The highest BCUT2D eigenvalue weighted by molar-refractivity contribution is 7.12. The maximum absolute atomic E-state index is 13.8. The summed E-state index contributed by atoms with van der Waals surface area (Å²) >= 11 is 1.46. The van der Waals surface area contributed by atoms with Crippen LogP contribution in [-0.2, 0) is 43.5 Å². The molecule has 7 nitrogen and oxygen atoms in total. The summed E-state index contributed by atoms with van der Waals surface area (Å²) in [6, 6.07) is 24.1. The van der Waals surface area contributed by atoms with Crippen molar-refractivity contribution < 1.29 is 24.2 Å². The fourth-order valence-electron chi connectivity index (χ4n) is 7.91. The van der Waals surface area contributed by atoms with Gasteiger partial charge in [0, 0.05) is 51.7 Å². The van der Waals surface area contributed by atoms with Crippen LogP contribution >= 0.6 is 11.3 Å². The van der Waals surface area contributed by atoms with Crippen molar-refractivity contribution in [2.24, 2.45) is 0 Å². The van der Waals surface area contributed by atoms with Crippen molar-refractivity contribution in [3.8, 4) is 5.75 Å². The van der Waals surface area contributed by atoms with Gasteiger partial charge in [-0.05, 0) is 90.9 Å². The van der Waals surface area contributed by atoms with E-state index in [9.17, 15) is 14.7 Å². The summed E-state index contributed by atoms with van der Waals surface area (Å²) < 4.78 is 16.5. The Kier molecular flexibility index (Phi) is 7.60. The molecule has 1 unspecified atom stereocenters. The standard InChI is InChI=1S/C39H36N2O5S/c1-45-36-16-8-12-29(38(42)43)31(36)23-41-34-15-7-4-11-28(34)30-21-25(17-18-35(30)41)46-39(44)37-24(19-20-47-37)22-40-32-13-5-2-9-26(32)27-10-3-6-14-33(27)40/h2,4-5,7-9,11-13,15-16,19-20,25H,3,6,10,14,17-18,21-23H2,1H3,(H,42,43). The Morgan fingerprint density at radius 2 is 1.53 bits per heavy atom. The highest BCUT2D eigenvalue weighted by Gasteiger charge is 2.30. The highest BCUT2D eigenvalue weighted by atomic mass is 32.1. The van der Waals surface area contributed by atoms with E-state index in [-0.39, 0.29) is 17.6 Å². The maximum Gasteiger partial charge on any atom is 0.348 e. The van der Waals surface area contributed by atoms with Gasteiger partial charge in [-0.15, -0.1) is 11.3 Å². The average molecular weight is 645 g/mol. The molecule has 3 aromatic heterocycles. The number of aromatic carboxylic acids is 1. The molecule has 0 aliphatic heterocycles. The van der Waals surface area contributed by atoms with E-state index in [0.717, 1.165) is 47.0 Å². The number of para-hydroxylation sites is 2. The molecule has 0 saturated heterocycles. The Morgan fingerprint density at radius 1 is 0.830 bits per heavy atom. The van der Waals surface area contributed by atoms with E-state index in [1.54, 1.807) is 19.2 Å². The van der Waals surface area contributed by atoms with Crippen LogP contribution in [0.3, 0.4) is 0 Å². The van der Waals surface area contributed by atoms with Crippen molar-refractivity contribution in [3.63, 3.8) is 0 Å². The molecular formula is C39H36N2O5S. The average Bonchev–Trinajstić information content (AvgIpc) is 3.78. The summed E-state index contributed by atoms with van der Waals surface area (Å²) in [5.41, 5.74) is 9.35. The van der Waals surface area contributed by atoms with Crippen LogP contribution in [0.1, 0.15) is 72.9 Å². The number of carbonyl (C=O) groups excluding carboxylic acids is 1. The molecule has 1 N–H and O–H groups in total. The second kappa shape index (κ2) is 12.1. The van der Waals surface area contributed by atoms with Crippen molar-refractivity contribution in [1.29, 1.82) is 0 Å². The van der Waals surface area contributed by atoms with E-state index in [0.29, 0.717) is 42.1 Å². The first-order valence-corrected chi connectivity index (χ1v) is 17.2. The number of aryl methyl sites for hydroxylation is 1. The van der Waals surface area contributed by atoms with Crippen LogP contribution in [-0.4, -0.2) is 39.4 Å². The number of benzene rings is 3. The molecule has 3 aromatic carbocycles. The summed E-state index contributed by atoms with van der Waals surface area (Å²) in [4.78, 5) is 26.6. The zero-order valence-electron chi connectivity index (χ0n) is 26.3. The third kappa shape index (κ3) is 5.11. The number of hydrogen-bond acceptors (Lipinski definition) is 5. The van der Waals surface area contributed by atoms with E-state index in [4.69, 9.17) is 9.47 Å². The zero-order valence-corrected chi connectivity index (χ0v) is 27.1. The van der Waals surface area contributed by atoms with Crippen molar-refractivity contribution >= 4 is 45.1 Å². The van der Waals surface area contributed by atoms with Crippen LogP contribution < -0.4 is 4.74 Å². The number of carboxylic acid groups (broad SMARTS) is 1. The molecule has 0 radical (unpaired) electrons. The first-order chi connectivity index (χ1) is 23.0. The van der Waals surface area contributed by atoms with Gasteiger partial charge in [0.25, 0.3) is 0 Å². The lowest BCUT2D eigenvalue weighted by Gasteiger charge is -2.25. The number of carboxylic acids is 1. The molecule has 0 amide bonds. The fourth-order valence-corrected chi connectivity index (χ4v) is 8.71. The second-order valence-electron chi connectivity index (χ2n) is 12.6. The largest absolute Gasteiger partial charge is 0.496 e. The molecule has 0 bridgehead atoms. The molecule has 0 fully saturated rings. The van der Waals surface area contributed by atoms with Crippen LogP contribution in [0.2, 0.25) is 0 Å². The van der Waals surface area contributed by atoms with Crippen molar-refractivity contribution in [2.75, 3.05) is 7.11 Å². The molecule has 0 spiro atoms. The predicted octanol–water partition coefficient (Wildman–Crippen LogP) is 8.05. The second-order valence-corrected chi connectivity index (χ2v) is 13.5. The van der Waals surface area contributed by atoms with Gasteiger partial charge >= 0.3 is 11.9 Å².